The molecular formula is C29H28N4. The minimum Gasteiger partial charge on any atom is -0.355 e. The van der Waals surface area contributed by atoms with Crippen molar-refractivity contribution in [2.45, 2.75) is 19.3 Å². The molecule has 4 N–H and O–H groups in total. The molecule has 4 heteroatoms. The molecule has 0 aromatic carbocycles. The first-order valence-electron chi connectivity index (χ1n) is 11.2. The predicted octanol–water partition coefficient (Wildman–Crippen LogP) is 3.47. The molecular weight excluding hydrogens is 404 g/mol. The van der Waals surface area contributed by atoms with Crippen molar-refractivity contribution in [3.05, 3.63) is 131 Å². The Hall–Kier alpha value is -4.18. The van der Waals surface area contributed by atoms with Crippen LogP contribution in [0, 0.1) is 0 Å². The molecule has 0 aliphatic carbocycles. The molecule has 5 rings (SSSR count). The SMILES string of the molecule is C=CCC1=c2ccc([nH]2)=Cc2ccc([nH]2)C(CC=C)=c2ccc([nH]2)=C(CC=C)c2ccc1[nH]2. The van der Waals surface area contributed by atoms with E-state index in [1.165, 1.54) is 16.7 Å². The Morgan fingerprint density at radius 1 is 0.515 bits per heavy atom. The lowest BCUT2D eigenvalue weighted by Gasteiger charge is -2.05. The lowest BCUT2D eigenvalue weighted by molar-refractivity contribution is 1.15. The minimum absolute atomic E-state index is 0.752. The van der Waals surface area contributed by atoms with E-state index in [0.29, 0.717) is 0 Å². The third-order valence-electron chi connectivity index (χ3n) is 6.10. The molecule has 1 aliphatic heterocycles. The van der Waals surface area contributed by atoms with E-state index in [1.54, 1.807) is 0 Å². The highest BCUT2D eigenvalue weighted by Crippen LogP contribution is 2.21. The number of hydrogen-bond donors (Lipinski definition) is 4. The van der Waals surface area contributed by atoms with Gasteiger partial charge in [0.05, 0.1) is 0 Å². The van der Waals surface area contributed by atoms with Gasteiger partial charge in [0.1, 0.15) is 0 Å². The summed E-state index contributed by atoms with van der Waals surface area (Å²) in [6, 6.07) is 17.1. The van der Waals surface area contributed by atoms with E-state index in [-0.39, 0.29) is 0 Å². The van der Waals surface area contributed by atoms with Gasteiger partial charge in [-0.1, -0.05) is 18.2 Å². The fourth-order valence-electron chi connectivity index (χ4n) is 4.53. The molecule has 0 amide bonds. The fourth-order valence-corrected chi connectivity index (χ4v) is 4.53. The molecule has 0 atom stereocenters. The van der Waals surface area contributed by atoms with Gasteiger partial charge in [0.15, 0.2) is 0 Å². The number of hydrogen-bond acceptors (Lipinski definition) is 0. The largest absolute Gasteiger partial charge is 0.355 e. The zero-order valence-electron chi connectivity index (χ0n) is 18.7. The molecule has 8 bridgehead atoms. The maximum atomic E-state index is 3.99. The molecule has 4 aromatic rings. The summed E-state index contributed by atoms with van der Waals surface area (Å²) in [5.74, 6) is 0. The number of aromatic amines is 4. The zero-order chi connectivity index (χ0) is 22.8. The van der Waals surface area contributed by atoms with Gasteiger partial charge in [0.2, 0.25) is 0 Å². The molecule has 33 heavy (non-hydrogen) atoms. The van der Waals surface area contributed by atoms with Crippen LogP contribution >= 0.6 is 0 Å². The summed E-state index contributed by atoms with van der Waals surface area (Å²) in [6.45, 7) is 11.9. The molecule has 1 aliphatic rings. The normalized spacial score (nSPS) is 13.0. The molecule has 5 heterocycles. The van der Waals surface area contributed by atoms with Gasteiger partial charge in [-0.05, 0) is 73.9 Å². The molecule has 0 saturated carbocycles. The van der Waals surface area contributed by atoms with E-state index in [9.17, 15) is 0 Å². The minimum atomic E-state index is 0.752. The van der Waals surface area contributed by atoms with Crippen LogP contribution in [0.2, 0.25) is 0 Å². The van der Waals surface area contributed by atoms with Crippen LogP contribution in [0.5, 0.6) is 0 Å². The van der Waals surface area contributed by atoms with Crippen molar-refractivity contribution in [2.75, 3.05) is 0 Å². The van der Waals surface area contributed by atoms with E-state index in [2.05, 4.69) is 94.3 Å². The van der Waals surface area contributed by atoms with E-state index >= 15 is 0 Å². The highest BCUT2D eigenvalue weighted by molar-refractivity contribution is 5.70. The second-order valence-corrected chi connectivity index (χ2v) is 8.28. The molecule has 164 valence electrons. The second-order valence-electron chi connectivity index (χ2n) is 8.28. The third kappa shape index (κ3) is 3.92. The maximum absolute atomic E-state index is 3.99. The Bertz CT molecular complexity index is 1590. The van der Waals surface area contributed by atoms with Crippen molar-refractivity contribution in [1.82, 2.24) is 19.9 Å². The van der Waals surface area contributed by atoms with Gasteiger partial charge < -0.3 is 19.9 Å². The monoisotopic (exact) mass is 432 g/mol. The second kappa shape index (κ2) is 8.75. The first-order chi connectivity index (χ1) is 16.2. The van der Waals surface area contributed by atoms with Crippen LogP contribution in [0.3, 0.4) is 0 Å². The van der Waals surface area contributed by atoms with Crippen LogP contribution in [0.15, 0.2) is 86.5 Å². The summed E-state index contributed by atoms with van der Waals surface area (Å²) in [5.41, 5.74) is 7.84. The first kappa shape index (κ1) is 20.7. The first-order valence-corrected chi connectivity index (χ1v) is 11.2. The average Bonchev–Trinajstić information content (AvgIpc) is 3.62. The molecule has 0 unspecified atom stereocenters. The van der Waals surface area contributed by atoms with E-state index in [4.69, 9.17) is 0 Å². The van der Waals surface area contributed by atoms with Gasteiger partial charge in [0.25, 0.3) is 0 Å². The van der Waals surface area contributed by atoms with E-state index < -0.39 is 0 Å². The molecule has 0 fully saturated rings. The van der Waals surface area contributed by atoms with Gasteiger partial charge in [-0.15, -0.1) is 19.7 Å². The summed E-state index contributed by atoms with van der Waals surface area (Å²) in [5, 5.41) is 4.29. The van der Waals surface area contributed by atoms with Crippen LogP contribution < -0.4 is 21.4 Å². The predicted molar refractivity (Wildman–Crippen MR) is 137 cm³/mol. The van der Waals surface area contributed by atoms with Gasteiger partial charge >= 0.3 is 0 Å². The van der Waals surface area contributed by atoms with Crippen molar-refractivity contribution in [2.24, 2.45) is 0 Å². The molecule has 0 spiro atoms. The molecule has 4 nitrogen and oxygen atoms in total. The number of H-pyrrole nitrogens is 4. The van der Waals surface area contributed by atoms with Crippen molar-refractivity contribution in [1.29, 1.82) is 0 Å². The van der Waals surface area contributed by atoms with Gasteiger partial charge in [-0.25, -0.2) is 0 Å². The summed E-state index contributed by atoms with van der Waals surface area (Å²) in [7, 11) is 0. The quantitative estimate of drug-likeness (QED) is 0.337. The topological polar surface area (TPSA) is 63.2 Å². The Labute approximate surface area is 192 Å². The highest BCUT2D eigenvalue weighted by Gasteiger charge is 2.11. The van der Waals surface area contributed by atoms with Gasteiger partial charge in [-0.3, -0.25) is 0 Å². The van der Waals surface area contributed by atoms with Gasteiger partial charge in [0, 0.05) is 60.9 Å². The summed E-state index contributed by atoms with van der Waals surface area (Å²) in [6.07, 6.45) is 10.2. The van der Waals surface area contributed by atoms with Gasteiger partial charge in [-0.2, -0.15) is 0 Å². The molecule has 0 radical (unpaired) electrons. The number of nitrogens with one attached hydrogen (secondary N) is 4. The van der Waals surface area contributed by atoms with Crippen molar-refractivity contribution in [3.63, 3.8) is 0 Å². The van der Waals surface area contributed by atoms with E-state index in [1.807, 2.05) is 18.2 Å². The Morgan fingerprint density at radius 2 is 1.00 bits per heavy atom. The Kier molecular flexibility index (Phi) is 5.49. The average molecular weight is 433 g/mol. The summed E-state index contributed by atoms with van der Waals surface area (Å²) in [4.78, 5) is 14.4. The fraction of sp³-hybridized carbons (Fsp3) is 0.103. The maximum Gasteiger partial charge on any atom is 0.0441 e. The standard InChI is InChI=1S/C29H28N4/c1-4-7-21-24-12-10-19(30-24)18-20-11-13-25(31-20)22(8-5-2)27-15-17-29(33-27)23(9-6-3)28-16-14-26(21)32-28/h4-6,10-18,30-33H,1-3,7-9H2. The molecule has 4 aromatic heterocycles. The van der Waals surface area contributed by atoms with Crippen LogP contribution in [0.4, 0.5) is 0 Å². The number of aromatic nitrogens is 4. The number of allylic oxidation sites excluding steroid dienone is 3. The Balaban J connectivity index is 1.88. The lowest BCUT2D eigenvalue weighted by Crippen LogP contribution is -2.17. The smallest absolute Gasteiger partial charge is 0.0441 e. The zero-order valence-corrected chi connectivity index (χ0v) is 18.7. The summed E-state index contributed by atoms with van der Waals surface area (Å²) >= 11 is 0. The molecule has 0 saturated heterocycles. The van der Waals surface area contributed by atoms with Crippen molar-refractivity contribution >= 4 is 22.8 Å². The van der Waals surface area contributed by atoms with Crippen LogP contribution in [-0.4, -0.2) is 19.9 Å². The van der Waals surface area contributed by atoms with Crippen LogP contribution in [0.1, 0.15) is 42.0 Å². The van der Waals surface area contributed by atoms with Crippen molar-refractivity contribution < 1.29 is 0 Å². The van der Waals surface area contributed by atoms with Crippen LogP contribution in [0.25, 0.3) is 22.8 Å². The van der Waals surface area contributed by atoms with Crippen molar-refractivity contribution in [3.8, 4) is 0 Å². The number of rotatable bonds is 6. The van der Waals surface area contributed by atoms with E-state index in [0.717, 1.165) is 63.4 Å². The lowest BCUT2D eigenvalue weighted by atomic mass is 10.1. The Morgan fingerprint density at radius 3 is 1.58 bits per heavy atom. The summed E-state index contributed by atoms with van der Waals surface area (Å²) < 4.78 is 0. The highest BCUT2D eigenvalue weighted by atomic mass is 14.8. The number of fused-ring (bicyclic) bond motifs is 8. The van der Waals surface area contributed by atoms with Crippen LogP contribution in [-0.2, 0) is 0 Å². The third-order valence-corrected chi connectivity index (χ3v) is 6.10.